The Kier molecular flexibility index (Phi) is 3.13. The maximum atomic E-state index is 12.4. The van der Waals surface area contributed by atoms with Gasteiger partial charge in [-0.2, -0.15) is 5.10 Å². The van der Waals surface area contributed by atoms with Crippen molar-refractivity contribution in [2.45, 2.75) is 0 Å². The second kappa shape index (κ2) is 4.99. The van der Waals surface area contributed by atoms with Crippen LogP contribution in [0.25, 0.3) is 11.0 Å². The molecule has 8 heteroatoms. The van der Waals surface area contributed by atoms with Crippen molar-refractivity contribution in [2.24, 2.45) is 14.1 Å². The Morgan fingerprint density at radius 1 is 1.23 bits per heavy atom. The molecule has 8 nitrogen and oxygen atoms in total. The zero-order valence-electron chi connectivity index (χ0n) is 11.9. The fourth-order valence-corrected chi connectivity index (χ4v) is 2.28. The average molecular weight is 299 g/mol. The molecule has 0 fully saturated rings. The number of carbonyl (C=O) groups is 2. The maximum absolute atomic E-state index is 12.4. The topological polar surface area (TPSA) is 102 Å². The molecule has 0 aliphatic rings. The minimum atomic E-state index is -1.21. The third kappa shape index (κ3) is 2.10. The fraction of sp³-hybridized carbons (Fsp3) is 0.143. The monoisotopic (exact) mass is 299 g/mol. The number of nitrogens with one attached hydrogen (secondary N) is 1. The van der Waals surface area contributed by atoms with Gasteiger partial charge in [0, 0.05) is 14.1 Å². The number of imidazole rings is 1. The van der Waals surface area contributed by atoms with Crippen molar-refractivity contribution in [1.82, 2.24) is 19.3 Å². The first-order chi connectivity index (χ1) is 10.5. The lowest BCUT2D eigenvalue weighted by atomic mass is 10.2. The van der Waals surface area contributed by atoms with Gasteiger partial charge in [0.25, 0.3) is 5.91 Å². The van der Waals surface area contributed by atoms with Crippen LogP contribution in [0.4, 0.5) is 5.95 Å². The molecule has 2 heterocycles. The second-order valence-electron chi connectivity index (χ2n) is 4.77. The van der Waals surface area contributed by atoms with E-state index in [-0.39, 0.29) is 11.3 Å². The fourth-order valence-electron chi connectivity index (χ4n) is 2.28. The van der Waals surface area contributed by atoms with Gasteiger partial charge in [-0.25, -0.2) is 9.78 Å². The second-order valence-corrected chi connectivity index (χ2v) is 4.77. The molecular formula is C14H13N5O3. The Labute approximate surface area is 125 Å². The first-order valence-corrected chi connectivity index (χ1v) is 6.47. The molecule has 1 amide bonds. The Bertz CT molecular complexity index is 893. The lowest BCUT2D eigenvalue weighted by molar-refractivity contribution is 0.0692. The molecule has 2 aromatic heterocycles. The number of carboxylic acids is 1. The third-order valence-corrected chi connectivity index (χ3v) is 3.40. The van der Waals surface area contributed by atoms with Crippen LogP contribution in [-0.4, -0.2) is 36.3 Å². The van der Waals surface area contributed by atoms with Gasteiger partial charge in [0.1, 0.15) is 11.3 Å². The number of hydrogen-bond acceptors (Lipinski definition) is 4. The quantitative estimate of drug-likeness (QED) is 0.758. The standard InChI is InChI=1S/C14H13N5O3/c1-18-10-6-4-3-5-9(10)16-14(18)17-12(20)11-8(13(21)22)7-15-19(11)2/h3-7H,1-2H3,(H,21,22)(H,16,17,20). The van der Waals surface area contributed by atoms with Crippen molar-refractivity contribution in [3.63, 3.8) is 0 Å². The van der Waals surface area contributed by atoms with E-state index in [1.807, 2.05) is 24.3 Å². The van der Waals surface area contributed by atoms with E-state index in [0.717, 1.165) is 17.2 Å². The molecule has 0 radical (unpaired) electrons. The normalized spacial score (nSPS) is 10.8. The Morgan fingerprint density at radius 2 is 1.95 bits per heavy atom. The summed E-state index contributed by atoms with van der Waals surface area (Å²) in [6, 6.07) is 7.44. The zero-order valence-corrected chi connectivity index (χ0v) is 11.9. The molecule has 22 heavy (non-hydrogen) atoms. The number of carbonyl (C=O) groups excluding carboxylic acids is 1. The van der Waals surface area contributed by atoms with E-state index in [0.29, 0.717) is 5.95 Å². The van der Waals surface area contributed by atoms with E-state index in [9.17, 15) is 9.59 Å². The van der Waals surface area contributed by atoms with Crippen LogP contribution in [-0.2, 0) is 14.1 Å². The Balaban J connectivity index is 1.99. The summed E-state index contributed by atoms with van der Waals surface area (Å²) in [6.45, 7) is 0. The number of anilines is 1. The number of aryl methyl sites for hydroxylation is 2. The number of fused-ring (bicyclic) bond motifs is 1. The first-order valence-electron chi connectivity index (χ1n) is 6.47. The summed E-state index contributed by atoms with van der Waals surface area (Å²) in [6.07, 6.45) is 1.15. The zero-order chi connectivity index (χ0) is 15.9. The molecule has 0 saturated carbocycles. The van der Waals surface area contributed by atoms with Crippen LogP contribution in [0.3, 0.4) is 0 Å². The molecule has 112 valence electrons. The summed E-state index contributed by atoms with van der Waals surface area (Å²) >= 11 is 0. The van der Waals surface area contributed by atoms with E-state index in [4.69, 9.17) is 5.11 Å². The molecular weight excluding hydrogens is 286 g/mol. The van der Waals surface area contributed by atoms with Gasteiger partial charge in [0.15, 0.2) is 0 Å². The van der Waals surface area contributed by atoms with Gasteiger partial charge in [-0.1, -0.05) is 12.1 Å². The van der Waals surface area contributed by atoms with Crippen LogP contribution in [0.2, 0.25) is 0 Å². The molecule has 0 aliphatic carbocycles. The smallest absolute Gasteiger partial charge is 0.339 e. The average Bonchev–Trinajstić information content (AvgIpc) is 3.01. The highest BCUT2D eigenvalue weighted by Gasteiger charge is 2.23. The minimum Gasteiger partial charge on any atom is -0.478 e. The largest absolute Gasteiger partial charge is 0.478 e. The van der Waals surface area contributed by atoms with Gasteiger partial charge in [0.05, 0.1) is 17.2 Å². The van der Waals surface area contributed by atoms with E-state index < -0.39 is 11.9 Å². The molecule has 0 unspecified atom stereocenters. The van der Waals surface area contributed by atoms with Gasteiger partial charge in [0.2, 0.25) is 5.95 Å². The molecule has 3 aromatic rings. The SMILES string of the molecule is Cn1ncc(C(=O)O)c1C(=O)Nc1nc2ccccc2n1C. The van der Waals surface area contributed by atoms with Gasteiger partial charge in [-0.05, 0) is 12.1 Å². The van der Waals surface area contributed by atoms with Gasteiger partial charge >= 0.3 is 5.97 Å². The number of nitrogens with zero attached hydrogens (tertiary/aromatic N) is 4. The molecule has 0 bridgehead atoms. The minimum absolute atomic E-state index is 0.0282. The van der Waals surface area contributed by atoms with Crippen molar-refractivity contribution >= 4 is 28.9 Å². The van der Waals surface area contributed by atoms with Crippen LogP contribution in [0.5, 0.6) is 0 Å². The van der Waals surface area contributed by atoms with Crippen LogP contribution in [0.1, 0.15) is 20.8 Å². The van der Waals surface area contributed by atoms with E-state index >= 15 is 0 Å². The summed E-state index contributed by atoms with van der Waals surface area (Å²) < 4.78 is 2.95. The summed E-state index contributed by atoms with van der Waals surface area (Å²) in [4.78, 5) is 27.8. The lowest BCUT2D eigenvalue weighted by Gasteiger charge is -2.06. The van der Waals surface area contributed by atoms with Crippen LogP contribution < -0.4 is 5.32 Å². The Hall–Kier alpha value is -3.16. The van der Waals surface area contributed by atoms with Crippen LogP contribution in [0, 0.1) is 0 Å². The number of hydrogen-bond donors (Lipinski definition) is 2. The highest BCUT2D eigenvalue weighted by Crippen LogP contribution is 2.18. The van der Waals surface area contributed by atoms with Gasteiger partial charge < -0.3 is 9.67 Å². The van der Waals surface area contributed by atoms with E-state index in [2.05, 4.69) is 15.4 Å². The van der Waals surface area contributed by atoms with Crippen LogP contribution in [0.15, 0.2) is 30.5 Å². The number of aromatic nitrogens is 4. The predicted molar refractivity (Wildman–Crippen MR) is 78.8 cm³/mol. The summed E-state index contributed by atoms with van der Waals surface area (Å²) in [5.74, 6) is -1.44. The highest BCUT2D eigenvalue weighted by molar-refractivity contribution is 6.09. The molecule has 1 aromatic carbocycles. The van der Waals surface area contributed by atoms with Crippen molar-refractivity contribution in [3.05, 3.63) is 41.7 Å². The Morgan fingerprint density at radius 3 is 2.64 bits per heavy atom. The lowest BCUT2D eigenvalue weighted by Crippen LogP contribution is -2.21. The molecule has 0 aliphatic heterocycles. The molecule has 3 rings (SSSR count). The maximum Gasteiger partial charge on any atom is 0.339 e. The number of para-hydroxylation sites is 2. The van der Waals surface area contributed by atoms with Crippen molar-refractivity contribution in [3.8, 4) is 0 Å². The number of rotatable bonds is 3. The molecule has 0 atom stereocenters. The molecule has 0 spiro atoms. The number of aromatic carboxylic acids is 1. The molecule has 2 N–H and O–H groups in total. The third-order valence-electron chi connectivity index (χ3n) is 3.40. The highest BCUT2D eigenvalue weighted by atomic mass is 16.4. The molecule has 0 saturated heterocycles. The van der Waals surface area contributed by atoms with Gasteiger partial charge in [-0.15, -0.1) is 0 Å². The summed E-state index contributed by atoms with van der Waals surface area (Å²) in [5, 5.41) is 15.5. The van der Waals surface area contributed by atoms with Crippen molar-refractivity contribution in [1.29, 1.82) is 0 Å². The van der Waals surface area contributed by atoms with Crippen LogP contribution >= 0.6 is 0 Å². The summed E-state index contributed by atoms with van der Waals surface area (Å²) in [7, 11) is 3.28. The summed E-state index contributed by atoms with van der Waals surface area (Å²) in [5.41, 5.74) is 1.42. The first kappa shape index (κ1) is 13.8. The van der Waals surface area contributed by atoms with E-state index in [1.165, 1.54) is 11.7 Å². The van der Waals surface area contributed by atoms with Crippen molar-refractivity contribution < 1.29 is 14.7 Å². The van der Waals surface area contributed by atoms with Gasteiger partial charge in [-0.3, -0.25) is 14.8 Å². The number of benzene rings is 1. The van der Waals surface area contributed by atoms with E-state index in [1.54, 1.807) is 11.6 Å². The number of amides is 1. The number of carboxylic acid groups (broad SMARTS) is 1. The van der Waals surface area contributed by atoms with Crippen molar-refractivity contribution in [2.75, 3.05) is 5.32 Å². The predicted octanol–water partition coefficient (Wildman–Crippen LogP) is 1.26.